The van der Waals surface area contributed by atoms with E-state index in [9.17, 15) is 9.59 Å². The van der Waals surface area contributed by atoms with Gasteiger partial charge in [0.1, 0.15) is 0 Å². The number of hydrogen-bond donors (Lipinski definition) is 3. The summed E-state index contributed by atoms with van der Waals surface area (Å²) in [7, 11) is 0. The molecule has 20 heavy (non-hydrogen) atoms. The second-order valence-electron chi connectivity index (χ2n) is 6.45. The average molecular weight is 283 g/mol. The topological polar surface area (TPSA) is 98.2 Å². The van der Waals surface area contributed by atoms with Crippen LogP contribution in [0.15, 0.2) is 0 Å². The molecule has 1 rings (SSSR count). The van der Waals surface area contributed by atoms with E-state index < -0.39 is 0 Å². The lowest BCUT2D eigenvalue weighted by Gasteiger charge is -2.28. The van der Waals surface area contributed by atoms with Crippen molar-refractivity contribution >= 4 is 11.8 Å². The van der Waals surface area contributed by atoms with Crippen LogP contribution in [0.3, 0.4) is 0 Å². The molecule has 1 aliphatic carbocycles. The lowest BCUT2D eigenvalue weighted by Crippen LogP contribution is -2.40. The van der Waals surface area contributed by atoms with E-state index in [1.54, 1.807) is 0 Å². The van der Waals surface area contributed by atoms with Crippen LogP contribution in [0.4, 0.5) is 0 Å². The standard InChI is InChI=1S/C15H29N3O2/c1-10(2)7-11(9-16)8-14(19)18-13-5-3-12(4-6-13)15(17)20/h10-13H,3-9,16H2,1-2H3,(H2,17,20)(H,18,19). The Kier molecular flexibility index (Phi) is 6.99. The normalized spacial score (nSPS) is 24.4. The molecule has 0 aromatic heterocycles. The third-order valence-corrected chi connectivity index (χ3v) is 4.11. The largest absolute Gasteiger partial charge is 0.369 e. The molecule has 0 aliphatic heterocycles. The number of primary amides is 1. The maximum atomic E-state index is 12.0. The van der Waals surface area contributed by atoms with Crippen molar-refractivity contribution in [1.29, 1.82) is 0 Å². The van der Waals surface area contributed by atoms with Gasteiger partial charge < -0.3 is 16.8 Å². The fourth-order valence-corrected chi connectivity index (χ4v) is 3.00. The summed E-state index contributed by atoms with van der Waals surface area (Å²) in [5.41, 5.74) is 11.0. The molecule has 0 aromatic carbocycles. The van der Waals surface area contributed by atoms with Crippen LogP contribution in [0.5, 0.6) is 0 Å². The van der Waals surface area contributed by atoms with Crippen LogP contribution >= 0.6 is 0 Å². The first-order valence-corrected chi connectivity index (χ1v) is 7.71. The van der Waals surface area contributed by atoms with Crippen molar-refractivity contribution in [2.24, 2.45) is 29.2 Å². The quantitative estimate of drug-likeness (QED) is 0.654. The molecule has 1 saturated carbocycles. The Morgan fingerprint density at radius 3 is 2.25 bits per heavy atom. The zero-order chi connectivity index (χ0) is 15.1. The van der Waals surface area contributed by atoms with Crippen LogP contribution in [0.1, 0.15) is 52.4 Å². The van der Waals surface area contributed by atoms with Crippen LogP contribution in [0.25, 0.3) is 0 Å². The molecule has 1 fully saturated rings. The monoisotopic (exact) mass is 283 g/mol. The number of nitrogens with two attached hydrogens (primary N) is 2. The molecule has 0 saturated heterocycles. The minimum atomic E-state index is -0.213. The molecule has 0 heterocycles. The van der Waals surface area contributed by atoms with Gasteiger partial charge in [0.25, 0.3) is 0 Å². The maximum Gasteiger partial charge on any atom is 0.220 e. The molecular formula is C15H29N3O2. The summed E-state index contributed by atoms with van der Waals surface area (Å²) in [6.45, 7) is 4.84. The Hall–Kier alpha value is -1.10. The minimum absolute atomic E-state index is 0.0131. The molecule has 1 unspecified atom stereocenters. The third kappa shape index (κ3) is 5.90. The molecule has 116 valence electrons. The molecule has 0 spiro atoms. The number of hydrogen-bond acceptors (Lipinski definition) is 3. The highest BCUT2D eigenvalue weighted by Crippen LogP contribution is 2.24. The van der Waals surface area contributed by atoms with Gasteiger partial charge >= 0.3 is 0 Å². The lowest BCUT2D eigenvalue weighted by molar-refractivity contribution is -0.123. The fraction of sp³-hybridized carbons (Fsp3) is 0.867. The van der Waals surface area contributed by atoms with Gasteiger partial charge in [0.2, 0.25) is 11.8 Å². The van der Waals surface area contributed by atoms with E-state index in [1.165, 1.54) is 0 Å². The van der Waals surface area contributed by atoms with Gasteiger partial charge in [-0.15, -0.1) is 0 Å². The highest BCUT2D eigenvalue weighted by atomic mass is 16.2. The molecule has 5 N–H and O–H groups in total. The second kappa shape index (κ2) is 8.25. The summed E-state index contributed by atoms with van der Waals surface area (Å²) in [4.78, 5) is 23.1. The van der Waals surface area contributed by atoms with Crippen LogP contribution in [-0.2, 0) is 9.59 Å². The Labute approximate surface area is 121 Å². The minimum Gasteiger partial charge on any atom is -0.369 e. The van der Waals surface area contributed by atoms with Crippen LogP contribution in [0, 0.1) is 17.8 Å². The van der Waals surface area contributed by atoms with E-state index in [-0.39, 0.29) is 29.7 Å². The summed E-state index contributed by atoms with van der Waals surface area (Å²) >= 11 is 0. The van der Waals surface area contributed by atoms with Crippen molar-refractivity contribution in [3.63, 3.8) is 0 Å². The molecule has 5 heteroatoms. The van der Waals surface area contributed by atoms with E-state index in [2.05, 4.69) is 19.2 Å². The molecule has 5 nitrogen and oxygen atoms in total. The Bertz CT molecular complexity index is 323. The summed E-state index contributed by atoms with van der Waals surface area (Å²) in [6, 6.07) is 0.190. The molecule has 0 bridgehead atoms. The highest BCUT2D eigenvalue weighted by Gasteiger charge is 2.26. The van der Waals surface area contributed by atoms with Gasteiger partial charge in [-0.25, -0.2) is 0 Å². The first kappa shape index (κ1) is 17.0. The number of carbonyl (C=O) groups is 2. The predicted molar refractivity (Wildman–Crippen MR) is 79.7 cm³/mol. The van der Waals surface area contributed by atoms with Crippen molar-refractivity contribution in [3.05, 3.63) is 0 Å². The van der Waals surface area contributed by atoms with E-state index >= 15 is 0 Å². The predicted octanol–water partition coefficient (Wildman–Crippen LogP) is 1.16. The molecule has 0 radical (unpaired) electrons. The van der Waals surface area contributed by atoms with Crippen LogP contribution in [0.2, 0.25) is 0 Å². The van der Waals surface area contributed by atoms with Crippen LogP contribution in [-0.4, -0.2) is 24.4 Å². The summed E-state index contributed by atoms with van der Waals surface area (Å²) in [5, 5.41) is 3.07. The average Bonchev–Trinajstić information content (AvgIpc) is 2.37. The summed E-state index contributed by atoms with van der Waals surface area (Å²) < 4.78 is 0. The maximum absolute atomic E-state index is 12.0. The van der Waals surface area contributed by atoms with Gasteiger partial charge in [-0.05, 0) is 50.5 Å². The molecule has 1 atom stereocenters. The first-order valence-electron chi connectivity index (χ1n) is 7.71. The van der Waals surface area contributed by atoms with Crippen molar-refractivity contribution in [2.45, 2.75) is 58.4 Å². The smallest absolute Gasteiger partial charge is 0.220 e. The van der Waals surface area contributed by atoms with E-state index in [4.69, 9.17) is 11.5 Å². The number of amides is 2. The van der Waals surface area contributed by atoms with E-state index in [1.807, 2.05) is 0 Å². The Balaban J connectivity index is 2.30. The van der Waals surface area contributed by atoms with Crippen LogP contribution < -0.4 is 16.8 Å². The Morgan fingerprint density at radius 2 is 1.80 bits per heavy atom. The molecule has 1 aliphatic rings. The fourth-order valence-electron chi connectivity index (χ4n) is 3.00. The highest BCUT2D eigenvalue weighted by molar-refractivity contribution is 5.77. The van der Waals surface area contributed by atoms with Crippen molar-refractivity contribution < 1.29 is 9.59 Å². The molecule has 0 aromatic rings. The Morgan fingerprint density at radius 1 is 1.20 bits per heavy atom. The van der Waals surface area contributed by atoms with Crippen molar-refractivity contribution in [3.8, 4) is 0 Å². The van der Waals surface area contributed by atoms with Gasteiger partial charge in [-0.1, -0.05) is 13.8 Å². The summed E-state index contributed by atoms with van der Waals surface area (Å²) in [6.07, 6.45) is 4.75. The molecule has 2 amide bonds. The number of carbonyl (C=O) groups excluding carboxylic acids is 2. The number of nitrogens with one attached hydrogen (secondary N) is 1. The lowest BCUT2D eigenvalue weighted by atomic mass is 9.85. The van der Waals surface area contributed by atoms with Gasteiger partial charge in [0, 0.05) is 18.4 Å². The van der Waals surface area contributed by atoms with Gasteiger partial charge in [0.15, 0.2) is 0 Å². The third-order valence-electron chi connectivity index (χ3n) is 4.11. The number of rotatable bonds is 7. The molecular weight excluding hydrogens is 254 g/mol. The SMILES string of the molecule is CC(C)CC(CN)CC(=O)NC1CCC(C(N)=O)CC1. The van der Waals surface area contributed by atoms with Crippen molar-refractivity contribution in [2.75, 3.05) is 6.54 Å². The van der Waals surface area contributed by atoms with Gasteiger partial charge in [0.05, 0.1) is 0 Å². The summed E-state index contributed by atoms with van der Waals surface area (Å²) in [5.74, 6) is 0.679. The second-order valence-corrected chi connectivity index (χ2v) is 6.45. The first-order chi connectivity index (χ1) is 9.42. The van der Waals surface area contributed by atoms with E-state index in [0.29, 0.717) is 18.9 Å². The van der Waals surface area contributed by atoms with E-state index in [0.717, 1.165) is 32.1 Å². The van der Waals surface area contributed by atoms with Crippen molar-refractivity contribution in [1.82, 2.24) is 5.32 Å². The van der Waals surface area contributed by atoms with Gasteiger partial charge in [-0.2, -0.15) is 0 Å². The zero-order valence-electron chi connectivity index (χ0n) is 12.7. The zero-order valence-corrected chi connectivity index (χ0v) is 12.7. The van der Waals surface area contributed by atoms with Gasteiger partial charge in [-0.3, -0.25) is 9.59 Å².